The van der Waals surface area contributed by atoms with Crippen molar-refractivity contribution in [3.8, 4) is 0 Å². The molecule has 0 fully saturated rings. The molecule has 0 aliphatic heterocycles. The van der Waals surface area contributed by atoms with Gasteiger partial charge in [-0.25, -0.2) is 4.52 Å². The molecule has 0 atom stereocenters. The number of carbonyl (C=O) groups is 1. The summed E-state index contributed by atoms with van der Waals surface area (Å²) in [5.41, 5.74) is -0.392. The number of rotatable bonds is 3. The van der Waals surface area contributed by atoms with Crippen LogP contribution >= 0.6 is 0 Å². The van der Waals surface area contributed by atoms with Crippen LogP contribution in [0.3, 0.4) is 0 Å². The highest BCUT2D eigenvalue weighted by Crippen LogP contribution is 2.28. The van der Waals surface area contributed by atoms with Crippen LogP contribution in [0.1, 0.15) is 11.4 Å². The molecule has 3 rings (SSSR count). The summed E-state index contributed by atoms with van der Waals surface area (Å²) in [6, 6.07) is 0.877. The Hall–Kier alpha value is -2.98. The average molecular weight is 325 g/mol. The predicted molar refractivity (Wildman–Crippen MR) is 71.4 cm³/mol. The second-order valence-electron chi connectivity index (χ2n) is 4.69. The molecule has 23 heavy (non-hydrogen) atoms. The summed E-state index contributed by atoms with van der Waals surface area (Å²) < 4.78 is 40.1. The number of halogens is 3. The van der Waals surface area contributed by atoms with Gasteiger partial charge in [-0.2, -0.15) is 23.3 Å². The van der Waals surface area contributed by atoms with Gasteiger partial charge in [0, 0.05) is 18.1 Å². The summed E-state index contributed by atoms with van der Waals surface area (Å²) in [5.74, 6) is -0.558. The Morgan fingerprint density at radius 2 is 2.13 bits per heavy atom. The zero-order chi connectivity index (χ0) is 16.6. The molecule has 0 saturated heterocycles. The quantitative estimate of drug-likeness (QED) is 0.783. The Morgan fingerprint density at radius 3 is 2.78 bits per heavy atom. The molecule has 3 heterocycles. The maximum absolute atomic E-state index is 12.6. The third-order valence-corrected chi connectivity index (χ3v) is 2.96. The fourth-order valence-electron chi connectivity index (χ4n) is 1.91. The van der Waals surface area contributed by atoms with E-state index >= 15 is 0 Å². The largest absolute Gasteiger partial charge is 0.435 e. The first-order valence-corrected chi connectivity index (χ1v) is 6.41. The number of hydrogen-bond acceptors (Lipinski definition) is 5. The fraction of sp³-hybridized carbons (Fsp3) is 0.250. The molecule has 8 nitrogen and oxygen atoms in total. The summed E-state index contributed by atoms with van der Waals surface area (Å²) in [4.78, 5) is 19.8. The molecule has 0 aromatic carbocycles. The minimum atomic E-state index is -4.55. The van der Waals surface area contributed by atoms with E-state index in [0.717, 1.165) is 10.7 Å². The lowest BCUT2D eigenvalue weighted by Gasteiger charge is -2.04. The molecule has 3 aromatic heterocycles. The topological polar surface area (TPSA) is 90.0 Å². The number of anilines is 1. The van der Waals surface area contributed by atoms with E-state index in [-0.39, 0.29) is 18.2 Å². The smallest absolute Gasteiger partial charge is 0.292 e. The summed E-state index contributed by atoms with van der Waals surface area (Å²) >= 11 is 0. The molecule has 0 aliphatic rings. The molecule has 3 aromatic rings. The Balaban J connectivity index is 1.73. The van der Waals surface area contributed by atoms with Crippen molar-refractivity contribution < 1.29 is 18.0 Å². The van der Waals surface area contributed by atoms with Crippen molar-refractivity contribution in [3.05, 3.63) is 36.0 Å². The molecule has 0 radical (unpaired) electrons. The maximum atomic E-state index is 12.6. The molecule has 120 valence electrons. The van der Waals surface area contributed by atoms with Crippen LogP contribution in [0.25, 0.3) is 5.65 Å². The van der Waals surface area contributed by atoms with Gasteiger partial charge in [0.2, 0.25) is 11.9 Å². The van der Waals surface area contributed by atoms with Crippen molar-refractivity contribution in [2.45, 2.75) is 19.6 Å². The number of aromatic nitrogens is 6. The van der Waals surface area contributed by atoms with E-state index in [1.165, 1.54) is 23.8 Å². The normalized spacial score (nSPS) is 11.8. The van der Waals surface area contributed by atoms with E-state index in [9.17, 15) is 18.0 Å². The number of nitrogens with zero attached hydrogens (tertiary/aromatic N) is 6. The molecule has 0 unspecified atom stereocenters. The van der Waals surface area contributed by atoms with Crippen LogP contribution in [0.5, 0.6) is 0 Å². The number of hydrogen-bond donors (Lipinski definition) is 1. The van der Waals surface area contributed by atoms with Gasteiger partial charge in [-0.3, -0.25) is 19.8 Å². The summed E-state index contributed by atoms with van der Waals surface area (Å²) in [6.07, 6.45) is -0.0527. The zero-order valence-corrected chi connectivity index (χ0v) is 11.7. The van der Waals surface area contributed by atoms with Crippen LogP contribution in [0.15, 0.2) is 24.7 Å². The van der Waals surface area contributed by atoms with E-state index < -0.39 is 17.8 Å². The molecule has 11 heteroatoms. The summed E-state index contributed by atoms with van der Waals surface area (Å²) in [6.45, 7) is 1.06. The lowest BCUT2D eigenvalue weighted by Crippen LogP contribution is -2.21. The molecule has 1 amide bonds. The second kappa shape index (κ2) is 5.34. The summed E-state index contributed by atoms with van der Waals surface area (Å²) in [5, 5.41) is 9.77. The van der Waals surface area contributed by atoms with Crippen molar-refractivity contribution in [2.24, 2.45) is 0 Å². The molecule has 0 bridgehead atoms. The van der Waals surface area contributed by atoms with Crippen LogP contribution in [0.4, 0.5) is 19.1 Å². The van der Waals surface area contributed by atoms with Gasteiger partial charge in [0.1, 0.15) is 6.54 Å². The van der Waals surface area contributed by atoms with Gasteiger partial charge in [-0.15, -0.1) is 5.10 Å². The molecule has 0 aliphatic carbocycles. The summed E-state index contributed by atoms with van der Waals surface area (Å²) in [7, 11) is 0. The van der Waals surface area contributed by atoms with Gasteiger partial charge in [-0.1, -0.05) is 0 Å². The van der Waals surface area contributed by atoms with Gasteiger partial charge >= 0.3 is 6.18 Å². The highest BCUT2D eigenvalue weighted by molar-refractivity contribution is 5.88. The maximum Gasteiger partial charge on any atom is 0.435 e. The number of nitrogens with one attached hydrogen (secondary N) is 1. The molecule has 1 N–H and O–H groups in total. The van der Waals surface area contributed by atoms with E-state index in [1.54, 1.807) is 6.20 Å². The van der Waals surface area contributed by atoms with Crippen molar-refractivity contribution in [1.29, 1.82) is 0 Å². The Bertz CT molecular complexity index is 834. The number of aryl methyl sites for hydroxylation is 1. The van der Waals surface area contributed by atoms with Crippen molar-refractivity contribution in [1.82, 2.24) is 29.4 Å². The fourth-order valence-corrected chi connectivity index (χ4v) is 1.91. The highest BCUT2D eigenvalue weighted by atomic mass is 19.4. The predicted octanol–water partition coefficient (Wildman–Crippen LogP) is 1.29. The van der Waals surface area contributed by atoms with Gasteiger partial charge in [-0.05, 0) is 13.0 Å². The first-order valence-electron chi connectivity index (χ1n) is 6.41. The number of alkyl halides is 3. The lowest BCUT2D eigenvalue weighted by molar-refractivity contribution is -0.141. The highest BCUT2D eigenvalue weighted by Gasteiger charge is 2.34. The average Bonchev–Trinajstić information content (AvgIpc) is 3.01. The lowest BCUT2D eigenvalue weighted by atomic mass is 10.3. The first-order chi connectivity index (χ1) is 10.8. The van der Waals surface area contributed by atoms with E-state index in [1.807, 2.05) is 0 Å². The van der Waals surface area contributed by atoms with Crippen LogP contribution in [-0.4, -0.2) is 35.3 Å². The third-order valence-electron chi connectivity index (χ3n) is 2.96. The van der Waals surface area contributed by atoms with Crippen molar-refractivity contribution in [2.75, 3.05) is 5.32 Å². The van der Waals surface area contributed by atoms with Crippen LogP contribution < -0.4 is 5.32 Å². The van der Waals surface area contributed by atoms with Crippen LogP contribution in [0, 0.1) is 6.92 Å². The standard InChI is InChI=1S/C12H10F3N7O/c1-7-4-8(12(13,14)15)19-22(7)6-10(23)18-11-17-9-5-16-2-3-21(9)20-11/h2-5H,6H2,1H3,(H,18,20,23). The molecule has 0 spiro atoms. The molecule has 0 saturated carbocycles. The van der Waals surface area contributed by atoms with E-state index in [4.69, 9.17) is 0 Å². The van der Waals surface area contributed by atoms with Crippen molar-refractivity contribution >= 4 is 17.5 Å². The minimum absolute atomic E-state index is 0.0313. The van der Waals surface area contributed by atoms with Gasteiger partial charge in [0.15, 0.2) is 11.3 Å². The molecular weight excluding hydrogens is 315 g/mol. The Morgan fingerprint density at radius 1 is 1.35 bits per heavy atom. The Kier molecular flexibility index (Phi) is 3.47. The van der Waals surface area contributed by atoms with Gasteiger partial charge in [0.25, 0.3) is 0 Å². The monoisotopic (exact) mass is 325 g/mol. The zero-order valence-electron chi connectivity index (χ0n) is 11.7. The third kappa shape index (κ3) is 3.12. The van der Waals surface area contributed by atoms with Crippen LogP contribution in [0.2, 0.25) is 0 Å². The number of amides is 1. The minimum Gasteiger partial charge on any atom is -0.292 e. The SMILES string of the molecule is Cc1cc(C(F)(F)F)nn1CC(=O)Nc1nc2cnccn2n1. The molecular formula is C12H10F3N7O. The van der Waals surface area contributed by atoms with E-state index in [0.29, 0.717) is 5.65 Å². The second-order valence-corrected chi connectivity index (χ2v) is 4.69. The first kappa shape index (κ1) is 14.9. The van der Waals surface area contributed by atoms with Gasteiger partial charge in [0.05, 0.1) is 6.20 Å². The van der Waals surface area contributed by atoms with E-state index in [2.05, 4.69) is 25.5 Å². The number of fused-ring (bicyclic) bond motifs is 1. The van der Waals surface area contributed by atoms with Crippen LogP contribution in [-0.2, 0) is 17.5 Å². The van der Waals surface area contributed by atoms with Gasteiger partial charge < -0.3 is 0 Å². The Labute approximate surface area is 127 Å². The van der Waals surface area contributed by atoms with Crippen molar-refractivity contribution in [3.63, 3.8) is 0 Å². The number of carbonyl (C=O) groups excluding carboxylic acids is 1.